The Balaban J connectivity index is 1.54. The van der Waals surface area contributed by atoms with Crippen LogP contribution in [0.4, 0.5) is 0 Å². The molecule has 4 saturated carbocycles. The molecule has 5 rings (SSSR count). The van der Waals surface area contributed by atoms with Crippen LogP contribution in [0.15, 0.2) is 27.6 Å². The van der Waals surface area contributed by atoms with Gasteiger partial charge in [-0.15, -0.1) is 0 Å². The first-order valence-electron chi connectivity index (χ1n) is 14.2. The Hall–Kier alpha value is -2.56. The molecule has 0 amide bonds. The highest BCUT2D eigenvalue weighted by Crippen LogP contribution is 2.70. The van der Waals surface area contributed by atoms with E-state index < -0.39 is 87.4 Å². The summed E-state index contributed by atoms with van der Waals surface area (Å²) in [6.07, 6.45) is -0.604. The van der Waals surface area contributed by atoms with Gasteiger partial charge in [-0.3, -0.25) is 14.4 Å². The van der Waals surface area contributed by atoms with E-state index in [-0.39, 0.29) is 19.3 Å². The minimum Gasteiger partial charge on any atom is -0.459 e. The maximum absolute atomic E-state index is 14.2. The van der Waals surface area contributed by atoms with Crippen LogP contribution in [0.3, 0.4) is 0 Å². The first-order chi connectivity index (χ1) is 18.6. The third kappa shape index (κ3) is 3.93. The van der Waals surface area contributed by atoms with E-state index in [9.17, 15) is 34.5 Å². The summed E-state index contributed by atoms with van der Waals surface area (Å²) in [6, 6.07) is 2.88. The predicted octanol–water partition coefficient (Wildman–Crippen LogP) is 2.26. The third-order valence-electron chi connectivity index (χ3n) is 11.0. The summed E-state index contributed by atoms with van der Waals surface area (Å²) in [4.78, 5) is 50.3. The summed E-state index contributed by atoms with van der Waals surface area (Å²) in [5.74, 6) is -3.83. The minimum atomic E-state index is -1.50. The van der Waals surface area contributed by atoms with E-state index in [4.69, 9.17) is 13.9 Å². The van der Waals surface area contributed by atoms with Crippen molar-refractivity contribution in [3.8, 4) is 0 Å². The molecule has 1 heterocycles. The van der Waals surface area contributed by atoms with Gasteiger partial charge in [0.15, 0.2) is 5.78 Å². The second-order valence-corrected chi connectivity index (χ2v) is 13.2. The lowest BCUT2D eigenvalue weighted by Crippen LogP contribution is -2.74. The van der Waals surface area contributed by atoms with Gasteiger partial charge in [0.05, 0.1) is 28.8 Å². The molecule has 1 aromatic heterocycles. The van der Waals surface area contributed by atoms with Crippen molar-refractivity contribution in [3.05, 3.63) is 34.4 Å². The highest BCUT2D eigenvalue weighted by atomic mass is 16.6. The molecule has 10 heteroatoms. The molecule has 10 atom stereocenters. The zero-order valence-corrected chi connectivity index (χ0v) is 23.7. The van der Waals surface area contributed by atoms with Crippen LogP contribution in [0.25, 0.3) is 0 Å². The largest absolute Gasteiger partial charge is 0.459 e. The molecule has 10 nitrogen and oxygen atoms in total. The lowest BCUT2D eigenvalue weighted by atomic mass is 9.40. The Morgan fingerprint density at radius 2 is 1.70 bits per heavy atom. The van der Waals surface area contributed by atoms with Crippen LogP contribution in [0.2, 0.25) is 0 Å². The first kappa shape index (κ1) is 29.0. The van der Waals surface area contributed by atoms with Crippen molar-refractivity contribution < 1.29 is 43.6 Å². The Morgan fingerprint density at radius 1 is 1.02 bits per heavy atom. The van der Waals surface area contributed by atoms with E-state index in [1.807, 2.05) is 0 Å². The number of aliphatic hydroxyl groups excluding tert-OH is 1. The maximum atomic E-state index is 14.2. The molecule has 220 valence electrons. The van der Waals surface area contributed by atoms with Gasteiger partial charge in [-0.25, -0.2) is 4.79 Å². The number of carbonyl (C=O) groups is 3. The van der Waals surface area contributed by atoms with Crippen molar-refractivity contribution in [2.45, 2.75) is 109 Å². The molecule has 40 heavy (non-hydrogen) atoms. The molecular weight excluding hydrogens is 520 g/mol. The average Bonchev–Trinajstić information content (AvgIpc) is 3.15. The molecule has 4 aliphatic rings. The summed E-state index contributed by atoms with van der Waals surface area (Å²) in [6.45, 7) is 8.10. The summed E-state index contributed by atoms with van der Waals surface area (Å²) >= 11 is 0. The second-order valence-electron chi connectivity index (χ2n) is 13.2. The molecule has 1 aromatic rings. The molecule has 0 spiro atoms. The van der Waals surface area contributed by atoms with Gasteiger partial charge < -0.3 is 29.2 Å². The van der Waals surface area contributed by atoms with E-state index in [0.717, 1.165) is 0 Å². The lowest BCUT2D eigenvalue weighted by molar-refractivity contribution is -0.280. The molecule has 0 bridgehead atoms. The number of rotatable bonds is 4. The molecular formula is C30H40O10. The van der Waals surface area contributed by atoms with Gasteiger partial charge in [0.1, 0.15) is 18.3 Å². The third-order valence-corrected chi connectivity index (χ3v) is 11.0. The van der Waals surface area contributed by atoms with E-state index in [2.05, 4.69) is 0 Å². The Morgan fingerprint density at radius 3 is 2.30 bits per heavy atom. The topological polar surface area (TPSA) is 161 Å². The Kier molecular flexibility index (Phi) is 6.87. The highest BCUT2D eigenvalue weighted by molar-refractivity contribution is 5.93. The molecule has 0 aromatic carbocycles. The maximum Gasteiger partial charge on any atom is 0.335 e. The van der Waals surface area contributed by atoms with Crippen LogP contribution in [0, 0.1) is 28.6 Å². The smallest absolute Gasteiger partial charge is 0.335 e. The quantitative estimate of drug-likeness (QED) is 0.466. The summed E-state index contributed by atoms with van der Waals surface area (Å²) in [5.41, 5.74) is -5.33. The Labute approximate surface area is 233 Å². The van der Waals surface area contributed by atoms with Crippen LogP contribution in [0.5, 0.6) is 0 Å². The zero-order chi connectivity index (χ0) is 29.4. The van der Waals surface area contributed by atoms with Crippen molar-refractivity contribution in [2.24, 2.45) is 28.6 Å². The summed E-state index contributed by atoms with van der Waals surface area (Å²) < 4.78 is 16.4. The summed E-state index contributed by atoms with van der Waals surface area (Å²) in [7, 11) is 0. The highest BCUT2D eigenvalue weighted by Gasteiger charge is 2.76. The summed E-state index contributed by atoms with van der Waals surface area (Å²) in [5, 5.41) is 36.3. The van der Waals surface area contributed by atoms with Gasteiger partial charge in [0.2, 0.25) is 0 Å². The van der Waals surface area contributed by atoms with Crippen molar-refractivity contribution in [2.75, 3.05) is 0 Å². The van der Waals surface area contributed by atoms with Crippen molar-refractivity contribution in [1.82, 2.24) is 0 Å². The second kappa shape index (κ2) is 9.49. The predicted molar refractivity (Wildman–Crippen MR) is 140 cm³/mol. The SMILES string of the molecule is CC(=O)O[C@H]1C[C@]2(C)[C@H]3[C@H](O)C(=O)[C@]4(C)[C@@H](c5ccc(=O)oc5)CC[C@]4(O)[C@H]3CC[C@]2(O)C[C@H]1OC(=O)C(C)C. The van der Waals surface area contributed by atoms with Gasteiger partial charge in [-0.1, -0.05) is 20.8 Å². The number of ether oxygens (including phenoxy) is 2. The fourth-order valence-electron chi connectivity index (χ4n) is 8.83. The molecule has 0 radical (unpaired) electrons. The first-order valence-corrected chi connectivity index (χ1v) is 14.2. The number of ketones is 1. The number of carbonyl (C=O) groups excluding carboxylic acids is 3. The van der Waals surface area contributed by atoms with Crippen molar-refractivity contribution in [1.29, 1.82) is 0 Å². The van der Waals surface area contributed by atoms with E-state index in [1.54, 1.807) is 33.8 Å². The molecule has 3 N–H and O–H groups in total. The van der Waals surface area contributed by atoms with Gasteiger partial charge in [0, 0.05) is 36.7 Å². The number of hydrogen-bond acceptors (Lipinski definition) is 10. The molecule has 0 unspecified atom stereocenters. The minimum absolute atomic E-state index is 0.0224. The lowest BCUT2D eigenvalue weighted by Gasteiger charge is -2.66. The normalized spacial score (nSPS) is 44.4. The van der Waals surface area contributed by atoms with Gasteiger partial charge in [0.25, 0.3) is 0 Å². The van der Waals surface area contributed by atoms with Crippen LogP contribution in [-0.2, 0) is 23.9 Å². The van der Waals surface area contributed by atoms with Gasteiger partial charge >= 0.3 is 17.6 Å². The van der Waals surface area contributed by atoms with Crippen LogP contribution >= 0.6 is 0 Å². The van der Waals surface area contributed by atoms with Crippen LogP contribution in [0.1, 0.15) is 84.6 Å². The molecule has 4 fully saturated rings. The van der Waals surface area contributed by atoms with Crippen LogP contribution < -0.4 is 5.63 Å². The van der Waals surface area contributed by atoms with Crippen molar-refractivity contribution >= 4 is 17.7 Å². The molecule has 0 aliphatic heterocycles. The number of fused-ring (bicyclic) bond motifs is 5. The standard InChI is InChI=1S/C30H40O10/c1-15(2)26(35)40-21-13-29(36)10-8-19-23(27(29,4)12-20(21)39-16(3)31)24(33)25(34)28(5)18(9-11-30(19,28)37)17-6-7-22(32)38-14-17/h6-7,14-15,18-21,23-24,33,36-37H,8-13H2,1-5H3/t18-,19+,20+,21-,23-,24+,27-,28+,29+,30+/m1/s1. The molecule has 4 aliphatic carbocycles. The number of esters is 2. The van der Waals surface area contributed by atoms with E-state index in [0.29, 0.717) is 24.8 Å². The fraction of sp³-hybridized carbons (Fsp3) is 0.733. The van der Waals surface area contributed by atoms with Gasteiger partial charge in [-0.05, 0) is 56.6 Å². The average molecular weight is 561 g/mol. The number of Topliss-reactive ketones (excluding diaryl/α,β-unsaturated/α-hetero) is 1. The monoisotopic (exact) mass is 560 g/mol. The number of aliphatic hydroxyl groups is 3. The Bertz CT molecular complexity index is 1250. The molecule has 0 saturated heterocycles. The van der Waals surface area contributed by atoms with Crippen molar-refractivity contribution in [3.63, 3.8) is 0 Å². The fourth-order valence-corrected chi connectivity index (χ4v) is 8.83. The number of hydrogen-bond donors (Lipinski definition) is 3. The van der Waals surface area contributed by atoms with Gasteiger partial charge in [-0.2, -0.15) is 0 Å². The van der Waals surface area contributed by atoms with E-state index >= 15 is 0 Å². The van der Waals surface area contributed by atoms with Crippen LogP contribution in [-0.4, -0.2) is 62.6 Å². The van der Waals surface area contributed by atoms with E-state index in [1.165, 1.54) is 19.3 Å². The zero-order valence-electron chi connectivity index (χ0n) is 23.7.